The average Bonchev–Trinajstić information content (AvgIpc) is 2.84. The van der Waals surface area contributed by atoms with Crippen molar-refractivity contribution in [2.75, 3.05) is 44.7 Å². The molecule has 2 amide bonds. The number of nitro benzene ring substituents is 1. The Morgan fingerprint density at radius 2 is 1.86 bits per heavy atom. The summed E-state index contributed by atoms with van der Waals surface area (Å²) in [4.78, 5) is 41.6. The van der Waals surface area contributed by atoms with Crippen LogP contribution >= 0.6 is 15.9 Å². The van der Waals surface area contributed by atoms with Crippen LogP contribution in [-0.4, -0.2) is 84.2 Å². The fraction of sp³-hybridized carbons (Fsp3) is 0.667. The minimum absolute atomic E-state index is 0.0779. The molecule has 3 aliphatic heterocycles. The standard InChI is InChI=1S/C24H33BrN4O6/c1-15-11-28(12-16(2)35-15)24(31)20-9-18(25)10-21(29(32)33)22(20)26-19-6-3-7-27(13-19)23(30)17-5-4-8-34-14-17/h9-10,15-17,19,26H,3-8,11-14H2,1-2H3/t15-,16+,17?,19-/m1/s1. The van der Waals surface area contributed by atoms with Gasteiger partial charge in [0.1, 0.15) is 5.69 Å². The maximum atomic E-state index is 13.6. The zero-order chi connectivity index (χ0) is 25.1. The summed E-state index contributed by atoms with van der Waals surface area (Å²) in [5.41, 5.74) is 0.285. The second-order valence-electron chi connectivity index (χ2n) is 9.75. The van der Waals surface area contributed by atoms with E-state index in [1.165, 1.54) is 6.07 Å². The van der Waals surface area contributed by atoms with Gasteiger partial charge in [-0.1, -0.05) is 15.9 Å². The first-order valence-corrected chi connectivity index (χ1v) is 13.1. The molecule has 3 aliphatic rings. The van der Waals surface area contributed by atoms with E-state index in [0.29, 0.717) is 43.9 Å². The molecule has 11 heteroatoms. The van der Waals surface area contributed by atoms with Crippen LogP contribution in [0.25, 0.3) is 0 Å². The van der Waals surface area contributed by atoms with E-state index in [-0.39, 0.29) is 52.9 Å². The van der Waals surface area contributed by atoms with Gasteiger partial charge in [-0.15, -0.1) is 0 Å². The number of morpholine rings is 1. The molecule has 0 spiro atoms. The van der Waals surface area contributed by atoms with Crippen molar-refractivity contribution in [1.82, 2.24) is 9.80 Å². The van der Waals surface area contributed by atoms with E-state index in [9.17, 15) is 19.7 Å². The molecule has 1 aromatic rings. The molecule has 0 saturated carbocycles. The minimum atomic E-state index is -0.473. The molecule has 1 unspecified atom stereocenters. The highest BCUT2D eigenvalue weighted by atomic mass is 79.9. The third-order valence-electron chi connectivity index (χ3n) is 6.81. The van der Waals surface area contributed by atoms with E-state index in [1.807, 2.05) is 18.7 Å². The van der Waals surface area contributed by atoms with Crippen LogP contribution < -0.4 is 5.32 Å². The van der Waals surface area contributed by atoms with Crippen molar-refractivity contribution in [1.29, 1.82) is 0 Å². The summed E-state index contributed by atoms with van der Waals surface area (Å²) < 4.78 is 11.7. The first-order valence-electron chi connectivity index (χ1n) is 12.3. The number of ether oxygens (including phenoxy) is 2. The zero-order valence-corrected chi connectivity index (χ0v) is 21.8. The Balaban J connectivity index is 1.57. The topological polar surface area (TPSA) is 114 Å². The van der Waals surface area contributed by atoms with Crippen LogP contribution in [0, 0.1) is 16.0 Å². The summed E-state index contributed by atoms with van der Waals surface area (Å²) >= 11 is 3.34. The lowest BCUT2D eigenvalue weighted by atomic mass is 9.97. The number of nitrogens with zero attached hydrogens (tertiary/aromatic N) is 3. The van der Waals surface area contributed by atoms with Crippen molar-refractivity contribution in [2.45, 2.75) is 57.8 Å². The van der Waals surface area contributed by atoms with E-state index in [2.05, 4.69) is 21.2 Å². The Kier molecular flexibility index (Phi) is 8.28. The molecular weight excluding hydrogens is 520 g/mol. The fourth-order valence-corrected chi connectivity index (χ4v) is 5.71. The first-order chi connectivity index (χ1) is 16.7. The number of likely N-dealkylation sites (tertiary alicyclic amines) is 1. The number of carbonyl (C=O) groups is 2. The molecule has 0 bridgehead atoms. The molecule has 4 atom stereocenters. The molecule has 192 valence electrons. The van der Waals surface area contributed by atoms with Crippen molar-refractivity contribution in [3.05, 3.63) is 32.3 Å². The monoisotopic (exact) mass is 552 g/mol. The zero-order valence-electron chi connectivity index (χ0n) is 20.2. The Labute approximate surface area is 213 Å². The number of piperidine rings is 1. The maximum absolute atomic E-state index is 13.6. The molecule has 35 heavy (non-hydrogen) atoms. The van der Waals surface area contributed by atoms with Gasteiger partial charge in [0, 0.05) is 49.4 Å². The number of benzene rings is 1. The number of nitrogens with one attached hydrogen (secondary N) is 1. The van der Waals surface area contributed by atoms with Crippen LogP contribution in [-0.2, 0) is 14.3 Å². The summed E-state index contributed by atoms with van der Waals surface area (Å²) in [6.45, 7) is 6.87. The second kappa shape index (κ2) is 11.2. The van der Waals surface area contributed by atoms with E-state index in [0.717, 1.165) is 25.7 Å². The van der Waals surface area contributed by atoms with Gasteiger partial charge < -0.3 is 24.6 Å². The summed E-state index contributed by atoms with van der Waals surface area (Å²) in [6, 6.07) is 2.84. The van der Waals surface area contributed by atoms with E-state index in [4.69, 9.17) is 9.47 Å². The Morgan fingerprint density at radius 3 is 2.51 bits per heavy atom. The third kappa shape index (κ3) is 6.13. The summed E-state index contributed by atoms with van der Waals surface area (Å²) in [5.74, 6) is -0.331. The van der Waals surface area contributed by atoms with E-state index >= 15 is 0 Å². The average molecular weight is 553 g/mol. The highest BCUT2D eigenvalue weighted by Crippen LogP contribution is 2.35. The number of carbonyl (C=O) groups excluding carboxylic acids is 2. The first kappa shape index (κ1) is 25.8. The Morgan fingerprint density at radius 1 is 1.11 bits per heavy atom. The summed E-state index contributed by atoms with van der Waals surface area (Å²) in [7, 11) is 0. The van der Waals surface area contributed by atoms with Crippen LogP contribution in [0.5, 0.6) is 0 Å². The van der Waals surface area contributed by atoms with Gasteiger partial charge in [0.05, 0.1) is 35.2 Å². The van der Waals surface area contributed by atoms with E-state index < -0.39 is 4.92 Å². The number of hydrogen-bond donors (Lipinski definition) is 1. The van der Waals surface area contributed by atoms with Crippen LogP contribution in [0.2, 0.25) is 0 Å². The summed E-state index contributed by atoms with van der Waals surface area (Å²) in [6.07, 6.45) is 2.98. The number of nitro groups is 1. The lowest BCUT2D eigenvalue weighted by Gasteiger charge is -2.37. The lowest BCUT2D eigenvalue weighted by Crippen LogP contribution is -2.49. The van der Waals surface area contributed by atoms with Gasteiger partial charge >= 0.3 is 0 Å². The minimum Gasteiger partial charge on any atom is -0.381 e. The van der Waals surface area contributed by atoms with Gasteiger partial charge in [0.15, 0.2) is 0 Å². The quantitative estimate of drug-likeness (QED) is 0.439. The number of rotatable bonds is 5. The van der Waals surface area contributed by atoms with Crippen molar-refractivity contribution in [3.8, 4) is 0 Å². The van der Waals surface area contributed by atoms with Gasteiger partial charge in [-0.05, 0) is 45.6 Å². The normalized spacial score (nSPS) is 27.4. The maximum Gasteiger partial charge on any atom is 0.294 e. The highest BCUT2D eigenvalue weighted by Gasteiger charge is 2.34. The van der Waals surface area contributed by atoms with Crippen LogP contribution in [0.1, 0.15) is 49.9 Å². The molecular formula is C24H33BrN4O6. The SMILES string of the molecule is C[C@@H]1CN(C(=O)c2cc(Br)cc([N+](=O)[O-])c2N[C@@H]2CCCN(C(=O)C3CCCOC3)C2)C[C@H](C)O1. The van der Waals surface area contributed by atoms with Gasteiger partial charge in [0.2, 0.25) is 5.91 Å². The largest absolute Gasteiger partial charge is 0.381 e. The molecule has 3 fully saturated rings. The molecule has 3 saturated heterocycles. The molecule has 1 N–H and O–H groups in total. The number of anilines is 1. The fourth-order valence-electron chi connectivity index (χ4n) is 5.26. The molecule has 1 aromatic carbocycles. The van der Waals surface area contributed by atoms with Crippen molar-refractivity contribution >= 4 is 39.1 Å². The molecule has 0 aliphatic carbocycles. The van der Waals surface area contributed by atoms with Crippen molar-refractivity contribution in [3.63, 3.8) is 0 Å². The Hall–Kier alpha value is -2.24. The molecule has 4 rings (SSSR count). The second-order valence-corrected chi connectivity index (χ2v) is 10.7. The molecule has 3 heterocycles. The van der Waals surface area contributed by atoms with Gasteiger partial charge in [-0.3, -0.25) is 19.7 Å². The van der Waals surface area contributed by atoms with Gasteiger partial charge in [0.25, 0.3) is 11.6 Å². The third-order valence-corrected chi connectivity index (χ3v) is 7.27. The highest BCUT2D eigenvalue weighted by molar-refractivity contribution is 9.10. The van der Waals surface area contributed by atoms with Crippen LogP contribution in [0.4, 0.5) is 11.4 Å². The molecule has 0 radical (unpaired) electrons. The van der Waals surface area contributed by atoms with Crippen molar-refractivity contribution in [2.24, 2.45) is 5.92 Å². The van der Waals surface area contributed by atoms with E-state index in [1.54, 1.807) is 11.0 Å². The van der Waals surface area contributed by atoms with Crippen LogP contribution in [0.3, 0.4) is 0 Å². The van der Waals surface area contributed by atoms with Gasteiger partial charge in [-0.25, -0.2) is 0 Å². The van der Waals surface area contributed by atoms with Crippen molar-refractivity contribution < 1.29 is 24.0 Å². The molecule has 10 nitrogen and oxygen atoms in total. The predicted molar refractivity (Wildman–Crippen MR) is 133 cm³/mol. The summed E-state index contributed by atoms with van der Waals surface area (Å²) in [5, 5.41) is 15.3. The number of halogens is 1. The number of amides is 2. The molecule has 0 aromatic heterocycles. The van der Waals surface area contributed by atoms with Crippen LogP contribution in [0.15, 0.2) is 16.6 Å². The lowest BCUT2D eigenvalue weighted by molar-refractivity contribution is -0.384. The van der Waals surface area contributed by atoms with Gasteiger partial charge in [-0.2, -0.15) is 0 Å². The predicted octanol–water partition coefficient (Wildman–Crippen LogP) is 3.44. The Bertz CT molecular complexity index is 960. The number of hydrogen-bond acceptors (Lipinski definition) is 7. The smallest absolute Gasteiger partial charge is 0.294 e.